The van der Waals surface area contributed by atoms with E-state index in [1.165, 1.54) is 45.3 Å². The lowest BCUT2D eigenvalue weighted by Crippen LogP contribution is -2.62. The van der Waals surface area contributed by atoms with E-state index in [0.29, 0.717) is 5.54 Å². The Morgan fingerprint density at radius 3 is 2.60 bits per heavy atom. The summed E-state index contributed by atoms with van der Waals surface area (Å²) in [6, 6.07) is 0.783. The Morgan fingerprint density at radius 1 is 1.33 bits per heavy atom. The van der Waals surface area contributed by atoms with Gasteiger partial charge in [0.05, 0.1) is 0 Å². The lowest BCUT2D eigenvalue weighted by molar-refractivity contribution is 0.0779. The molecule has 88 valence electrons. The van der Waals surface area contributed by atoms with Crippen molar-refractivity contribution in [3.8, 4) is 0 Å². The van der Waals surface area contributed by atoms with Crippen LogP contribution in [0.15, 0.2) is 0 Å². The average Bonchev–Trinajstić information content (AvgIpc) is 3.02. The molecule has 2 nitrogen and oxygen atoms in total. The second-order valence-electron chi connectivity index (χ2n) is 5.73. The van der Waals surface area contributed by atoms with Crippen molar-refractivity contribution >= 4 is 0 Å². The van der Waals surface area contributed by atoms with Crippen LogP contribution in [0, 0.1) is 5.92 Å². The predicted molar refractivity (Wildman–Crippen MR) is 65.1 cm³/mol. The van der Waals surface area contributed by atoms with Crippen LogP contribution < -0.4 is 5.32 Å². The van der Waals surface area contributed by atoms with E-state index in [9.17, 15) is 0 Å². The van der Waals surface area contributed by atoms with E-state index < -0.39 is 0 Å². The zero-order valence-electron chi connectivity index (χ0n) is 10.6. The maximum atomic E-state index is 3.73. The Morgan fingerprint density at radius 2 is 2.07 bits per heavy atom. The maximum Gasteiger partial charge on any atom is 0.0278 e. The first-order valence-corrected chi connectivity index (χ1v) is 6.66. The fourth-order valence-electron chi connectivity index (χ4n) is 2.61. The van der Waals surface area contributed by atoms with Crippen LogP contribution in [0.4, 0.5) is 0 Å². The first-order valence-electron chi connectivity index (χ1n) is 6.66. The molecular weight excluding hydrogens is 184 g/mol. The Bertz CT molecular complexity index is 213. The minimum Gasteiger partial charge on any atom is -0.309 e. The molecule has 1 aliphatic carbocycles. The van der Waals surface area contributed by atoms with E-state index in [0.717, 1.165) is 12.0 Å². The highest BCUT2D eigenvalue weighted by molar-refractivity contribution is 4.95. The Labute approximate surface area is 94.4 Å². The summed E-state index contributed by atoms with van der Waals surface area (Å²) in [6.45, 7) is 10.8. The molecule has 2 rings (SSSR count). The molecule has 1 saturated heterocycles. The van der Waals surface area contributed by atoms with Crippen LogP contribution in [0.2, 0.25) is 0 Å². The molecule has 0 aromatic heterocycles. The summed E-state index contributed by atoms with van der Waals surface area (Å²) in [5.41, 5.74) is 0.362. The van der Waals surface area contributed by atoms with Crippen LogP contribution in [0.5, 0.6) is 0 Å². The third-order valence-corrected chi connectivity index (χ3v) is 4.27. The maximum absolute atomic E-state index is 3.73. The van der Waals surface area contributed by atoms with Crippen molar-refractivity contribution in [1.29, 1.82) is 0 Å². The normalized spacial score (nSPS) is 38.2. The van der Waals surface area contributed by atoms with Gasteiger partial charge in [-0.2, -0.15) is 0 Å². The molecule has 2 aliphatic rings. The van der Waals surface area contributed by atoms with Crippen LogP contribution >= 0.6 is 0 Å². The third-order valence-electron chi connectivity index (χ3n) is 4.27. The second kappa shape index (κ2) is 4.42. The smallest absolute Gasteiger partial charge is 0.0278 e. The van der Waals surface area contributed by atoms with Crippen molar-refractivity contribution in [3.63, 3.8) is 0 Å². The van der Waals surface area contributed by atoms with Crippen molar-refractivity contribution < 1.29 is 0 Å². The van der Waals surface area contributed by atoms with E-state index in [4.69, 9.17) is 0 Å². The Hall–Kier alpha value is -0.0800. The first kappa shape index (κ1) is 11.4. The molecular formula is C13H26N2. The van der Waals surface area contributed by atoms with E-state index in [1.807, 2.05) is 0 Å². The highest BCUT2D eigenvalue weighted by atomic mass is 15.3. The number of hydrogen-bond donors (Lipinski definition) is 1. The monoisotopic (exact) mass is 210 g/mol. The molecule has 2 heteroatoms. The molecule has 2 atom stereocenters. The molecule has 1 saturated carbocycles. The Balaban J connectivity index is 1.94. The van der Waals surface area contributed by atoms with Gasteiger partial charge in [-0.15, -0.1) is 0 Å². The summed E-state index contributed by atoms with van der Waals surface area (Å²) in [5, 5.41) is 3.73. The van der Waals surface area contributed by atoms with E-state index in [1.54, 1.807) is 0 Å². The summed E-state index contributed by atoms with van der Waals surface area (Å²) >= 11 is 0. The molecule has 0 spiro atoms. The summed E-state index contributed by atoms with van der Waals surface area (Å²) in [5.74, 6) is 1.03. The molecule has 0 bridgehead atoms. The van der Waals surface area contributed by atoms with Gasteiger partial charge in [0.2, 0.25) is 0 Å². The van der Waals surface area contributed by atoms with Crippen molar-refractivity contribution in [1.82, 2.24) is 10.2 Å². The summed E-state index contributed by atoms with van der Waals surface area (Å²) in [6.07, 6.45) is 5.48. The zero-order valence-corrected chi connectivity index (χ0v) is 10.6. The van der Waals surface area contributed by atoms with Gasteiger partial charge in [-0.05, 0) is 38.5 Å². The van der Waals surface area contributed by atoms with E-state index >= 15 is 0 Å². The van der Waals surface area contributed by atoms with Crippen LogP contribution in [0.25, 0.3) is 0 Å². The fourth-order valence-corrected chi connectivity index (χ4v) is 2.61. The topological polar surface area (TPSA) is 15.3 Å². The highest BCUT2D eigenvalue weighted by Gasteiger charge is 2.36. The van der Waals surface area contributed by atoms with Crippen molar-refractivity contribution in [2.75, 3.05) is 19.6 Å². The van der Waals surface area contributed by atoms with Crippen molar-refractivity contribution in [2.24, 2.45) is 5.92 Å². The molecule has 0 aromatic rings. The second-order valence-corrected chi connectivity index (χ2v) is 5.73. The van der Waals surface area contributed by atoms with Crippen LogP contribution in [0.3, 0.4) is 0 Å². The minimum atomic E-state index is 0.362. The van der Waals surface area contributed by atoms with E-state index in [-0.39, 0.29) is 0 Å². The van der Waals surface area contributed by atoms with Gasteiger partial charge in [-0.3, -0.25) is 4.90 Å². The van der Waals surface area contributed by atoms with Gasteiger partial charge in [-0.25, -0.2) is 0 Å². The van der Waals surface area contributed by atoms with Gasteiger partial charge in [0.15, 0.2) is 0 Å². The lowest BCUT2D eigenvalue weighted by Gasteiger charge is -2.46. The summed E-state index contributed by atoms with van der Waals surface area (Å²) < 4.78 is 0. The number of nitrogens with one attached hydrogen (secondary N) is 1. The van der Waals surface area contributed by atoms with Gasteiger partial charge in [0.25, 0.3) is 0 Å². The van der Waals surface area contributed by atoms with E-state index in [2.05, 4.69) is 31.0 Å². The van der Waals surface area contributed by atoms with Crippen molar-refractivity contribution in [2.45, 2.75) is 58.0 Å². The summed E-state index contributed by atoms with van der Waals surface area (Å²) in [7, 11) is 0. The molecule has 0 radical (unpaired) electrons. The minimum absolute atomic E-state index is 0.362. The average molecular weight is 210 g/mol. The largest absolute Gasteiger partial charge is 0.309 e. The number of rotatable bonds is 4. The van der Waals surface area contributed by atoms with Crippen LogP contribution in [-0.2, 0) is 0 Å². The number of hydrogen-bond acceptors (Lipinski definition) is 2. The molecule has 1 heterocycles. The Kier molecular flexibility index (Phi) is 3.36. The zero-order chi connectivity index (χ0) is 10.9. The lowest BCUT2D eigenvalue weighted by atomic mass is 9.92. The van der Waals surface area contributed by atoms with Gasteiger partial charge >= 0.3 is 0 Å². The highest BCUT2D eigenvalue weighted by Crippen LogP contribution is 2.32. The van der Waals surface area contributed by atoms with Crippen molar-refractivity contribution in [3.05, 3.63) is 0 Å². The number of piperazine rings is 1. The number of nitrogens with zero attached hydrogens (tertiary/aromatic N) is 1. The molecule has 0 amide bonds. The molecule has 1 N–H and O–H groups in total. The fraction of sp³-hybridized carbons (Fsp3) is 1.00. The van der Waals surface area contributed by atoms with Crippen LogP contribution in [0.1, 0.15) is 46.5 Å². The molecule has 1 aliphatic heterocycles. The van der Waals surface area contributed by atoms with Gasteiger partial charge in [0.1, 0.15) is 0 Å². The SMILES string of the molecule is CCC1CNC(C)(CC)CN1CC1CC1. The molecule has 2 unspecified atom stereocenters. The molecule has 0 aromatic carbocycles. The first-order chi connectivity index (χ1) is 7.17. The summed E-state index contributed by atoms with van der Waals surface area (Å²) in [4.78, 5) is 2.75. The van der Waals surface area contributed by atoms with Gasteiger partial charge < -0.3 is 5.32 Å². The predicted octanol–water partition coefficient (Wildman–Crippen LogP) is 2.25. The van der Waals surface area contributed by atoms with Gasteiger partial charge in [-0.1, -0.05) is 13.8 Å². The standard InChI is InChI=1S/C13H26N2/c1-4-12-8-14-13(3,5-2)10-15(12)9-11-6-7-11/h11-12,14H,4-10H2,1-3H3. The van der Waals surface area contributed by atoms with Crippen LogP contribution in [-0.4, -0.2) is 36.1 Å². The molecule has 2 fully saturated rings. The van der Waals surface area contributed by atoms with Gasteiger partial charge in [0, 0.05) is 31.2 Å². The third kappa shape index (κ3) is 2.73. The quantitative estimate of drug-likeness (QED) is 0.765. The molecule has 15 heavy (non-hydrogen) atoms.